The Labute approximate surface area is 123 Å². The molecule has 0 bridgehead atoms. The Morgan fingerprint density at radius 2 is 1.76 bits per heavy atom. The van der Waals surface area contributed by atoms with E-state index in [1.807, 2.05) is 11.9 Å². The molecule has 0 spiro atoms. The Bertz CT molecular complexity index is 638. The zero-order chi connectivity index (χ0) is 15.4. The van der Waals surface area contributed by atoms with Crippen molar-refractivity contribution in [2.24, 2.45) is 0 Å². The molecule has 0 saturated carbocycles. The van der Waals surface area contributed by atoms with Gasteiger partial charge in [0.15, 0.2) is 5.78 Å². The molecule has 4 heteroatoms. The number of rotatable bonds is 5. The normalized spacial score (nSPS) is 10.5. The molecular weight excluding hydrogens is 272 g/mol. The average Bonchev–Trinajstić information content (AvgIpc) is 2.48. The number of hydrogen-bond donors (Lipinski definition) is 0. The van der Waals surface area contributed by atoms with Crippen molar-refractivity contribution in [2.45, 2.75) is 13.3 Å². The first-order chi connectivity index (χ1) is 9.97. The maximum absolute atomic E-state index is 13.4. The van der Waals surface area contributed by atoms with Gasteiger partial charge >= 0.3 is 0 Å². The molecule has 0 radical (unpaired) electrons. The zero-order valence-corrected chi connectivity index (χ0v) is 12.1. The van der Waals surface area contributed by atoms with Crippen molar-refractivity contribution < 1.29 is 13.6 Å². The van der Waals surface area contributed by atoms with E-state index in [-0.39, 0.29) is 23.8 Å². The Kier molecular flexibility index (Phi) is 4.68. The molecule has 2 rings (SSSR count). The number of benzene rings is 2. The van der Waals surface area contributed by atoms with Crippen LogP contribution >= 0.6 is 0 Å². The van der Waals surface area contributed by atoms with Crippen LogP contribution in [0.2, 0.25) is 0 Å². The minimum atomic E-state index is -0.368. The third-order valence-corrected chi connectivity index (χ3v) is 3.44. The molecule has 110 valence electrons. The van der Waals surface area contributed by atoms with E-state index in [1.54, 1.807) is 31.2 Å². The zero-order valence-electron chi connectivity index (χ0n) is 12.1. The van der Waals surface area contributed by atoms with Gasteiger partial charge in [0.2, 0.25) is 0 Å². The maximum Gasteiger partial charge on any atom is 0.164 e. The van der Waals surface area contributed by atoms with Crippen LogP contribution in [0.3, 0.4) is 0 Å². The van der Waals surface area contributed by atoms with Gasteiger partial charge in [-0.1, -0.05) is 12.1 Å². The van der Waals surface area contributed by atoms with E-state index in [9.17, 15) is 13.6 Å². The Balaban J connectivity index is 1.97. The average molecular weight is 289 g/mol. The molecule has 21 heavy (non-hydrogen) atoms. The molecule has 0 heterocycles. The summed E-state index contributed by atoms with van der Waals surface area (Å²) in [4.78, 5) is 13.9. The highest BCUT2D eigenvalue weighted by atomic mass is 19.1. The van der Waals surface area contributed by atoms with Crippen LogP contribution in [0.1, 0.15) is 22.3 Å². The molecule has 0 unspecified atom stereocenters. The number of aryl methyl sites for hydroxylation is 1. The van der Waals surface area contributed by atoms with Crippen LogP contribution in [0.15, 0.2) is 42.5 Å². The molecule has 2 aromatic rings. The number of hydrogen-bond acceptors (Lipinski definition) is 2. The topological polar surface area (TPSA) is 20.3 Å². The van der Waals surface area contributed by atoms with E-state index in [4.69, 9.17) is 0 Å². The van der Waals surface area contributed by atoms with E-state index in [0.29, 0.717) is 17.7 Å². The first-order valence-electron chi connectivity index (χ1n) is 6.73. The number of ketones is 1. The molecule has 0 atom stereocenters. The molecule has 0 amide bonds. The van der Waals surface area contributed by atoms with Crippen molar-refractivity contribution >= 4 is 11.5 Å². The standard InChI is InChI=1S/C17H17F2NO/c1-12-3-4-13(11-16(12)19)17(21)9-10-20(2)15-7-5-14(18)6-8-15/h3-8,11H,9-10H2,1-2H3. The number of anilines is 1. The van der Waals surface area contributed by atoms with Gasteiger partial charge in [0.25, 0.3) is 0 Å². The van der Waals surface area contributed by atoms with Gasteiger partial charge in [-0.3, -0.25) is 4.79 Å². The Hall–Kier alpha value is -2.23. The summed E-state index contributed by atoms with van der Waals surface area (Å²) in [5, 5.41) is 0. The quantitative estimate of drug-likeness (QED) is 0.776. The van der Waals surface area contributed by atoms with E-state index in [2.05, 4.69) is 0 Å². The summed E-state index contributed by atoms with van der Waals surface area (Å²) in [5.74, 6) is -0.769. The van der Waals surface area contributed by atoms with Gasteiger partial charge in [-0.25, -0.2) is 8.78 Å². The van der Waals surface area contributed by atoms with Gasteiger partial charge in [0.1, 0.15) is 11.6 Å². The fraction of sp³-hybridized carbons (Fsp3) is 0.235. The Morgan fingerprint density at radius 1 is 1.10 bits per heavy atom. The highest BCUT2D eigenvalue weighted by Crippen LogP contribution is 2.15. The monoisotopic (exact) mass is 289 g/mol. The molecule has 0 fully saturated rings. The van der Waals surface area contributed by atoms with Crippen LogP contribution in [-0.4, -0.2) is 19.4 Å². The van der Waals surface area contributed by atoms with E-state index in [1.165, 1.54) is 18.2 Å². The third-order valence-electron chi connectivity index (χ3n) is 3.44. The van der Waals surface area contributed by atoms with E-state index in [0.717, 1.165) is 5.69 Å². The van der Waals surface area contributed by atoms with Crippen molar-refractivity contribution in [1.29, 1.82) is 0 Å². The molecule has 0 aliphatic rings. The summed E-state index contributed by atoms with van der Waals surface area (Å²) in [6.07, 6.45) is 0.274. The summed E-state index contributed by atoms with van der Waals surface area (Å²) in [5.41, 5.74) is 1.74. The predicted octanol–water partition coefficient (Wildman–Crippen LogP) is 3.98. The molecule has 0 aliphatic carbocycles. The largest absolute Gasteiger partial charge is 0.374 e. The summed E-state index contributed by atoms with van der Waals surface area (Å²) in [6.45, 7) is 2.14. The second-order valence-electron chi connectivity index (χ2n) is 5.04. The van der Waals surface area contributed by atoms with Gasteiger partial charge in [0.05, 0.1) is 0 Å². The van der Waals surface area contributed by atoms with Crippen LogP contribution in [0, 0.1) is 18.6 Å². The minimum absolute atomic E-state index is 0.108. The Morgan fingerprint density at radius 3 is 2.38 bits per heavy atom. The summed E-state index contributed by atoms with van der Waals surface area (Å²) in [7, 11) is 1.83. The second kappa shape index (κ2) is 6.48. The van der Waals surface area contributed by atoms with Crippen LogP contribution in [0.5, 0.6) is 0 Å². The van der Waals surface area contributed by atoms with Crippen LogP contribution in [0.4, 0.5) is 14.5 Å². The molecule has 2 aromatic carbocycles. The number of halogens is 2. The first kappa shape index (κ1) is 15.2. The lowest BCUT2D eigenvalue weighted by atomic mass is 10.1. The van der Waals surface area contributed by atoms with E-state index < -0.39 is 0 Å². The van der Waals surface area contributed by atoms with Gasteiger partial charge in [-0.05, 0) is 42.8 Å². The van der Waals surface area contributed by atoms with Gasteiger partial charge in [-0.2, -0.15) is 0 Å². The smallest absolute Gasteiger partial charge is 0.164 e. The fourth-order valence-electron chi connectivity index (χ4n) is 2.00. The number of Topliss-reactive ketones (excluding diaryl/α,β-unsaturated/α-hetero) is 1. The lowest BCUT2D eigenvalue weighted by molar-refractivity contribution is 0.0984. The number of carbonyl (C=O) groups excluding carboxylic acids is 1. The first-order valence-corrected chi connectivity index (χ1v) is 6.73. The molecule has 0 saturated heterocycles. The highest BCUT2D eigenvalue weighted by molar-refractivity contribution is 5.96. The maximum atomic E-state index is 13.4. The summed E-state index contributed by atoms with van der Waals surface area (Å²) >= 11 is 0. The van der Waals surface area contributed by atoms with Crippen LogP contribution in [-0.2, 0) is 0 Å². The number of carbonyl (C=O) groups is 1. The SMILES string of the molecule is Cc1ccc(C(=O)CCN(C)c2ccc(F)cc2)cc1F. The van der Waals surface area contributed by atoms with Gasteiger partial charge < -0.3 is 4.90 Å². The lowest BCUT2D eigenvalue weighted by Crippen LogP contribution is -2.21. The molecule has 2 nitrogen and oxygen atoms in total. The minimum Gasteiger partial charge on any atom is -0.374 e. The molecular formula is C17H17F2NO. The summed E-state index contributed by atoms with van der Waals surface area (Å²) in [6, 6.07) is 10.6. The van der Waals surface area contributed by atoms with Crippen molar-refractivity contribution in [3.05, 3.63) is 65.2 Å². The van der Waals surface area contributed by atoms with Crippen molar-refractivity contribution in [1.82, 2.24) is 0 Å². The van der Waals surface area contributed by atoms with Gasteiger partial charge in [0, 0.05) is 31.3 Å². The second-order valence-corrected chi connectivity index (χ2v) is 5.04. The third kappa shape index (κ3) is 3.88. The van der Waals surface area contributed by atoms with E-state index >= 15 is 0 Å². The van der Waals surface area contributed by atoms with Crippen LogP contribution in [0.25, 0.3) is 0 Å². The van der Waals surface area contributed by atoms with Crippen molar-refractivity contribution in [2.75, 3.05) is 18.5 Å². The molecule has 0 aromatic heterocycles. The molecule has 0 aliphatic heterocycles. The predicted molar refractivity (Wildman–Crippen MR) is 79.8 cm³/mol. The highest BCUT2D eigenvalue weighted by Gasteiger charge is 2.10. The summed E-state index contributed by atoms with van der Waals surface area (Å²) < 4.78 is 26.3. The van der Waals surface area contributed by atoms with Gasteiger partial charge in [-0.15, -0.1) is 0 Å². The number of nitrogens with zero attached hydrogens (tertiary/aromatic N) is 1. The van der Waals surface area contributed by atoms with Crippen molar-refractivity contribution in [3.63, 3.8) is 0 Å². The van der Waals surface area contributed by atoms with Crippen molar-refractivity contribution in [3.8, 4) is 0 Å². The molecule has 0 N–H and O–H groups in total. The lowest BCUT2D eigenvalue weighted by Gasteiger charge is -2.18. The fourth-order valence-corrected chi connectivity index (χ4v) is 2.00. The van der Waals surface area contributed by atoms with Crippen LogP contribution < -0.4 is 4.90 Å².